The Labute approximate surface area is 184 Å². The van der Waals surface area contributed by atoms with Gasteiger partial charge in [-0.15, -0.1) is 0 Å². The Kier molecular flexibility index (Phi) is 8.20. The van der Waals surface area contributed by atoms with Gasteiger partial charge in [0.1, 0.15) is 19.3 Å². The molecule has 2 N–H and O–H groups in total. The molecular formula is C22H25F3N6O. The highest BCUT2D eigenvalue weighted by Crippen LogP contribution is 2.16. The first-order valence-corrected chi connectivity index (χ1v) is 9.98. The van der Waals surface area contributed by atoms with Crippen LogP contribution in [0.4, 0.5) is 13.2 Å². The molecule has 0 aliphatic rings. The monoisotopic (exact) mass is 446 g/mol. The number of rotatable bonds is 9. The first-order chi connectivity index (χ1) is 15.4. The largest absolute Gasteiger partial charge is 0.411 e. The molecule has 0 atom stereocenters. The van der Waals surface area contributed by atoms with E-state index in [1.165, 1.54) is 6.33 Å². The van der Waals surface area contributed by atoms with Gasteiger partial charge in [0, 0.05) is 20.1 Å². The van der Waals surface area contributed by atoms with Crippen LogP contribution >= 0.6 is 0 Å². The number of benzene rings is 2. The first kappa shape index (κ1) is 23.3. The highest BCUT2D eigenvalue weighted by Gasteiger charge is 2.27. The number of nitrogens with zero attached hydrogens (tertiary/aromatic N) is 4. The van der Waals surface area contributed by atoms with Crippen LogP contribution in [0.15, 0.2) is 66.2 Å². The predicted molar refractivity (Wildman–Crippen MR) is 115 cm³/mol. The van der Waals surface area contributed by atoms with E-state index in [0.717, 1.165) is 16.7 Å². The third kappa shape index (κ3) is 8.03. The summed E-state index contributed by atoms with van der Waals surface area (Å²) in [4.78, 5) is 8.18. The Hall–Kier alpha value is -3.40. The number of alkyl halides is 3. The summed E-state index contributed by atoms with van der Waals surface area (Å²) in [5, 5.41) is 10.6. The lowest BCUT2D eigenvalue weighted by molar-refractivity contribution is -0.176. The Morgan fingerprint density at radius 1 is 1.00 bits per heavy atom. The number of nitrogens with one attached hydrogen (secondary N) is 2. The molecule has 0 bridgehead atoms. The molecule has 1 heterocycles. The third-order valence-corrected chi connectivity index (χ3v) is 4.50. The highest BCUT2D eigenvalue weighted by atomic mass is 19.4. The van der Waals surface area contributed by atoms with Gasteiger partial charge in [-0.05, 0) is 22.3 Å². The molecule has 0 amide bonds. The fraction of sp³-hybridized carbons (Fsp3) is 0.318. The van der Waals surface area contributed by atoms with E-state index in [4.69, 9.17) is 0 Å². The maximum absolute atomic E-state index is 12.1. The average Bonchev–Trinajstić information content (AvgIpc) is 3.27. The minimum absolute atomic E-state index is 0.0770. The summed E-state index contributed by atoms with van der Waals surface area (Å²) >= 11 is 0. The van der Waals surface area contributed by atoms with Crippen LogP contribution in [0.3, 0.4) is 0 Å². The van der Waals surface area contributed by atoms with E-state index in [0.29, 0.717) is 31.2 Å². The number of halogens is 3. The summed E-state index contributed by atoms with van der Waals surface area (Å²) in [6.45, 7) is 0.447. The van der Waals surface area contributed by atoms with Gasteiger partial charge in [0.25, 0.3) is 0 Å². The summed E-state index contributed by atoms with van der Waals surface area (Å²) in [7, 11) is 1.69. The van der Waals surface area contributed by atoms with Crippen molar-refractivity contribution in [3.05, 3.63) is 83.4 Å². The van der Waals surface area contributed by atoms with Gasteiger partial charge in [-0.2, -0.15) is 18.3 Å². The van der Waals surface area contributed by atoms with Crippen LogP contribution in [0.1, 0.15) is 22.3 Å². The fourth-order valence-electron chi connectivity index (χ4n) is 2.97. The lowest BCUT2D eigenvalue weighted by Gasteiger charge is -2.13. The lowest BCUT2D eigenvalue weighted by atomic mass is 10.1. The van der Waals surface area contributed by atoms with Crippen LogP contribution in [-0.4, -0.2) is 40.6 Å². The molecule has 170 valence electrons. The zero-order valence-electron chi connectivity index (χ0n) is 17.6. The number of guanidine groups is 1. The number of hydrogen-bond acceptors (Lipinski definition) is 4. The van der Waals surface area contributed by atoms with Gasteiger partial charge in [0.15, 0.2) is 5.96 Å². The van der Waals surface area contributed by atoms with Crippen molar-refractivity contribution >= 4 is 5.96 Å². The van der Waals surface area contributed by atoms with E-state index in [1.54, 1.807) is 30.2 Å². The van der Waals surface area contributed by atoms with Gasteiger partial charge >= 0.3 is 6.18 Å². The van der Waals surface area contributed by atoms with Crippen molar-refractivity contribution < 1.29 is 17.9 Å². The van der Waals surface area contributed by atoms with Crippen molar-refractivity contribution in [2.75, 3.05) is 13.7 Å². The zero-order chi connectivity index (χ0) is 22.8. The second-order valence-corrected chi connectivity index (χ2v) is 7.12. The van der Waals surface area contributed by atoms with E-state index in [-0.39, 0.29) is 6.61 Å². The SMILES string of the molecule is CN=C(NCc1ccc(COCC(F)(F)F)cc1)NCc1cccc(Cn2cncn2)c1. The quantitative estimate of drug-likeness (QED) is 0.390. The summed E-state index contributed by atoms with van der Waals surface area (Å²) in [6, 6.07) is 15.4. The van der Waals surface area contributed by atoms with Crippen molar-refractivity contribution in [2.45, 2.75) is 32.4 Å². The van der Waals surface area contributed by atoms with E-state index < -0.39 is 12.8 Å². The molecule has 0 fully saturated rings. The second-order valence-electron chi connectivity index (χ2n) is 7.12. The smallest absolute Gasteiger partial charge is 0.367 e. The molecule has 32 heavy (non-hydrogen) atoms. The summed E-state index contributed by atoms with van der Waals surface area (Å²) < 4.78 is 42.9. The first-order valence-electron chi connectivity index (χ1n) is 9.98. The molecule has 1 aromatic heterocycles. The highest BCUT2D eigenvalue weighted by molar-refractivity contribution is 5.79. The summed E-state index contributed by atoms with van der Waals surface area (Å²) in [5.41, 5.74) is 3.89. The van der Waals surface area contributed by atoms with Crippen LogP contribution in [0.2, 0.25) is 0 Å². The van der Waals surface area contributed by atoms with E-state index in [9.17, 15) is 13.2 Å². The Bertz CT molecular complexity index is 988. The molecule has 0 saturated heterocycles. The fourth-order valence-corrected chi connectivity index (χ4v) is 2.97. The van der Waals surface area contributed by atoms with Crippen molar-refractivity contribution in [3.63, 3.8) is 0 Å². The number of hydrogen-bond donors (Lipinski definition) is 2. The standard InChI is InChI=1S/C22H25F3N6O/c1-26-21(28-10-17-5-7-18(8-6-17)13-32-14-22(23,24)25)29-11-19-3-2-4-20(9-19)12-31-16-27-15-30-31/h2-9,15-16H,10-14H2,1H3,(H2,26,28,29). The number of ether oxygens (including phenoxy) is 1. The molecular weight excluding hydrogens is 421 g/mol. The molecule has 3 aromatic rings. The summed E-state index contributed by atoms with van der Waals surface area (Å²) in [6.07, 6.45) is -1.12. The minimum atomic E-state index is -4.31. The van der Waals surface area contributed by atoms with Crippen molar-refractivity contribution in [3.8, 4) is 0 Å². The molecule has 0 spiro atoms. The molecule has 7 nitrogen and oxygen atoms in total. The molecule has 3 rings (SSSR count). The minimum Gasteiger partial charge on any atom is -0.367 e. The molecule has 0 saturated carbocycles. The summed E-state index contributed by atoms with van der Waals surface area (Å²) in [5.74, 6) is 0.643. The van der Waals surface area contributed by atoms with E-state index in [1.807, 2.05) is 30.3 Å². The van der Waals surface area contributed by atoms with Crippen molar-refractivity contribution in [1.29, 1.82) is 0 Å². The molecule has 0 aliphatic carbocycles. The average molecular weight is 446 g/mol. The maximum Gasteiger partial charge on any atom is 0.411 e. The van der Waals surface area contributed by atoms with Crippen LogP contribution in [0, 0.1) is 0 Å². The van der Waals surface area contributed by atoms with E-state index in [2.05, 4.69) is 36.5 Å². The predicted octanol–water partition coefficient (Wildman–Crippen LogP) is 3.27. The molecule has 2 aromatic carbocycles. The topological polar surface area (TPSA) is 76.4 Å². The lowest BCUT2D eigenvalue weighted by Crippen LogP contribution is -2.36. The Balaban J connectivity index is 1.44. The second kappa shape index (κ2) is 11.3. The van der Waals surface area contributed by atoms with Crippen molar-refractivity contribution in [1.82, 2.24) is 25.4 Å². The van der Waals surface area contributed by atoms with Gasteiger partial charge in [-0.25, -0.2) is 9.67 Å². The molecule has 0 radical (unpaired) electrons. The molecule has 10 heteroatoms. The number of aliphatic imine (C=N–C) groups is 1. The molecule has 0 unspecified atom stereocenters. The maximum atomic E-state index is 12.1. The third-order valence-electron chi connectivity index (χ3n) is 4.50. The van der Waals surface area contributed by atoms with Gasteiger partial charge in [-0.3, -0.25) is 4.99 Å². The van der Waals surface area contributed by atoms with Crippen LogP contribution in [-0.2, 0) is 31.0 Å². The number of aromatic nitrogens is 3. The van der Waals surface area contributed by atoms with Gasteiger partial charge < -0.3 is 15.4 Å². The van der Waals surface area contributed by atoms with Gasteiger partial charge in [0.05, 0.1) is 13.2 Å². The van der Waals surface area contributed by atoms with Crippen molar-refractivity contribution in [2.24, 2.45) is 4.99 Å². The van der Waals surface area contributed by atoms with Crippen LogP contribution < -0.4 is 10.6 Å². The van der Waals surface area contributed by atoms with Crippen LogP contribution in [0.5, 0.6) is 0 Å². The van der Waals surface area contributed by atoms with Gasteiger partial charge in [0.2, 0.25) is 0 Å². The normalized spacial score (nSPS) is 12.1. The van der Waals surface area contributed by atoms with E-state index >= 15 is 0 Å². The molecule has 0 aliphatic heterocycles. The Morgan fingerprint density at radius 3 is 2.34 bits per heavy atom. The van der Waals surface area contributed by atoms with Gasteiger partial charge in [-0.1, -0.05) is 48.5 Å². The zero-order valence-corrected chi connectivity index (χ0v) is 17.6. The van der Waals surface area contributed by atoms with Crippen LogP contribution in [0.25, 0.3) is 0 Å². The Morgan fingerprint density at radius 2 is 1.69 bits per heavy atom.